The molecule has 0 atom stereocenters. The number of halogens is 2. The Morgan fingerprint density at radius 2 is 1.04 bits per heavy atom. The largest absolute Gasteiger partial charge is 0.270 e. The minimum Gasteiger partial charge on any atom is -0.226 e. The number of aryl methyl sites for hydroxylation is 2. The number of rotatable bonds is 10. The van der Waals surface area contributed by atoms with Gasteiger partial charge in [0.1, 0.15) is 0 Å². The molecule has 48 heavy (non-hydrogen) atoms. The van der Waals surface area contributed by atoms with Gasteiger partial charge in [-0.3, -0.25) is 0 Å². The van der Waals surface area contributed by atoms with Crippen LogP contribution in [-0.2, 0) is 12.8 Å². The lowest BCUT2D eigenvalue weighted by molar-refractivity contribution is 0.619. The summed E-state index contributed by atoms with van der Waals surface area (Å²) in [5, 5.41) is 19.8. The molecule has 0 N–H and O–H groups in total. The molecular formula is C38H28F2N4S4. The van der Waals surface area contributed by atoms with E-state index in [0.717, 1.165) is 136 Å². The highest BCUT2D eigenvalue weighted by Crippen LogP contribution is 2.61. The Hall–Kier alpha value is -4.16. The Labute approximate surface area is 294 Å². The fourth-order valence-electron chi connectivity index (χ4n) is 7.04. The van der Waals surface area contributed by atoms with Gasteiger partial charge in [-0.15, -0.1) is 45.3 Å². The number of nitrogens with zero attached hydrogens (tertiary/aromatic N) is 4. The standard InChI is InChI=1S/C38H28F2N4S4/c1-5-7-9-11-13-19-33-35(47-37(19)39)29-27(25(17-41)43-3)21-16-24-22(15-23(21)31(29)45-33)28(26(18-42)44-4)30-32(24)46-34-20(14-12-10-8-6-2)38(40)48-36(30)34/h15-16H,5-14H2,1-2H3/b27-25-,28-26+. The Morgan fingerprint density at radius 3 is 1.40 bits per heavy atom. The van der Waals surface area contributed by atoms with Crippen LogP contribution in [0.4, 0.5) is 8.78 Å². The molecule has 4 nitrogen and oxygen atoms in total. The van der Waals surface area contributed by atoms with Gasteiger partial charge < -0.3 is 0 Å². The van der Waals surface area contributed by atoms with Crippen molar-refractivity contribution in [2.75, 3.05) is 0 Å². The summed E-state index contributed by atoms with van der Waals surface area (Å²) < 4.78 is 34.2. The second-order valence-corrected chi connectivity index (χ2v) is 16.1. The first kappa shape index (κ1) is 32.4. The number of thiophene rings is 4. The zero-order chi connectivity index (χ0) is 33.7. The number of hydrogen-bond donors (Lipinski definition) is 0. The van der Waals surface area contributed by atoms with Crippen LogP contribution in [0.15, 0.2) is 23.5 Å². The number of allylic oxidation sites excluding steroid dienone is 2. The summed E-state index contributed by atoms with van der Waals surface area (Å²) in [5.74, 6) is 0. The molecule has 0 saturated heterocycles. The van der Waals surface area contributed by atoms with Crippen molar-refractivity contribution in [1.29, 1.82) is 10.5 Å². The first-order valence-corrected chi connectivity index (χ1v) is 19.4. The molecule has 0 radical (unpaired) electrons. The van der Waals surface area contributed by atoms with Crippen molar-refractivity contribution < 1.29 is 8.78 Å². The molecule has 0 spiro atoms. The molecule has 0 fully saturated rings. The van der Waals surface area contributed by atoms with E-state index < -0.39 is 0 Å². The smallest absolute Gasteiger partial charge is 0.226 e. The van der Waals surface area contributed by atoms with E-state index in [0.29, 0.717) is 35.1 Å². The number of hydrogen-bond acceptors (Lipinski definition) is 6. The molecular weight excluding hydrogens is 679 g/mol. The molecule has 10 heteroatoms. The third-order valence-electron chi connectivity index (χ3n) is 9.29. The Bertz CT molecular complexity index is 2200. The van der Waals surface area contributed by atoms with Crippen LogP contribution in [0.5, 0.6) is 0 Å². The SMILES string of the molecule is [C-]#[N+]/C(C#N)=C1/c2cc3c(cc2-c2sc4c(CCCCCC)c(F)sc4c21)/C(=C(/C#N)[N+]#[C-])c1c-3sc2c(CCCCCC)c(F)sc12. The summed E-state index contributed by atoms with van der Waals surface area (Å²) in [6.45, 7) is 20.1. The molecule has 4 aromatic heterocycles. The first-order chi connectivity index (χ1) is 23.4. The summed E-state index contributed by atoms with van der Waals surface area (Å²) in [7, 11) is 0. The molecule has 1 aromatic carbocycles. The van der Waals surface area contributed by atoms with Crippen LogP contribution in [0.25, 0.3) is 60.5 Å². The predicted octanol–water partition coefficient (Wildman–Crippen LogP) is 13.1. The average molecular weight is 707 g/mol. The lowest BCUT2D eigenvalue weighted by Gasteiger charge is -2.09. The predicted molar refractivity (Wildman–Crippen MR) is 196 cm³/mol. The molecule has 0 saturated carbocycles. The second-order valence-electron chi connectivity index (χ2n) is 12.1. The van der Waals surface area contributed by atoms with E-state index in [1.807, 2.05) is 12.1 Å². The highest BCUT2D eigenvalue weighted by molar-refractivity contribution is 7.30. The average Bonchev–Trinajstić information content (AvgIpc) is 3.89. The summed E-state index contributed by atoms with van der Waals surface area (Å²) in [4.78, 5) is 8.98. The van der Waals surface area contributed by atoms with E-state index in [9.17, 15) is 10.5 Å². The van der Waals surface area contributed by atoms with Crippen molar-refractivity contribution in [3.8, 4) is 33.0 Å². The van der Waals surface area contributed by atoms with E-state index in [1.54, 1.807) is 0 Å². The van der Waals surface area contributed by atoms with E-state index in [2.05, 4.69) is 35.7 Å². The third-order valence-corrected chi connectivity index (χ3v) is 14.2. The van der Waals surface area contributed by atoms with Gasteiger partial charge in [-0.2, -0.15) is 8.78 Å². The zero-order valence-corrected chi connectivity index (χ0v) is 29.7. The van der Waals surface area contributed by atoms with Crippen molar-refractivity contribution in [3.05, 3.63) is 90.0 Å². The van der Waals surface area contributed by atoms with Crippen molar-refractivity contribution in [2.45, 2.75) is 78.1 Å². The summed E-state index contributed by atoms with van der Waals surface area (Å²) in [6, 6.07) is 8.15. The maximum atomic E-state index is 15.5. The fraction of sp³-hybridized carbons (Fsp3) is 0.316. The lowest BCUT2D eigenvalue weighted by atomic mass is 9.95. The topological polar surface area (TPSA) is 56.3 Å². The van der Waals surface area contributed by atoms with Gasteiger partial charge in [0.2, 0.25) is 0 Å². The Morgan fingerprint density at radius 1 is 0.625 bits per heavy atom. The van der Waals surface area contributed by atoms with Crippen LogP contribution in [0.2, 0.25) is 0 Å². The molecule has 2 aliphatic rings. The first-order valence-electron chi connectivity index (χ1n) is 16.1. The minimum atomic E-state index is -0.211. The molecule has 5 aromatic rings. The van der Waals surface area contributed by atoms with Gasteiger partial charge in [0.25, 0.3) is 11.4 Å². The van der Waals surface area contributed by atoms with Gasteiger partial charge in [0, 0.05) is 43.2 Å². The lowest BCUT2D eigenvalue weighted by Crippen LogP contribution is -1.90. The molecule has 238 valence electrons. The van der Waals surface area contributed by atoms with E-state index >= 15 is 8.78 Å². The molecule has 0 bridgehead atoms. The Kier molecular flexibility index (Phi) is 8.80. The molecule has 7 rings (SSSR count). The monoisotopic (exact) mass is 706 g/mol. The van der Waals surface area contributed by atoms with Crippen LogP contribution >= 0.6 is 45.3 Å². The van der Waals surface area contributed by atoms with Crippen LogP contribution in [0.1, 0.15) is 98.6 Å². The highest BCUT2D eigenvalue weighted by atomic mass is 32.1. The molecule has 4 heterocycles. The molecule has 0 unspecified atom stereocenters. The van der Waals surface area contributed by atoms with Crippen LogP contribution in [-0.4, -0.2) is 0 Å². The molecule has 2 aliphatic carbocycles. The van der Waals surface area contributed by atoms with Crippen LogP contribution < -0.4 is 0 Å². The summed E-state index contributed by atoms with van der Waals surface area (Å²) >= 11 is 5.15. The van der Waals surface area contributed by atoms with Crippen molar-refractivity contribution in [2.24, 2.45) is 0 Å². The maximum absolute atomic E-state index is 15.5. The normalized spacial score (nSPS) is 14.7. The number of benzene rings is 1. The van der Waals surface area contributed by atoms with Crippen LogP contribution in [0.3, 0.4) is 0 Å². The molecule has 0 aliphatic heterocycles. The second kappa shape index (κ2) is 13.0. The maximum Gasteiger partial charge on any atom is 0.270 e. The van der Waals surface area contributed by atoms with Gasteiger partial charge in [-0.05, 0) is 60.1 Å². The summed E-state index contributed by atoms with van der Waals surface area (Å²) in [6.07, 6.45) is 9.47. The van der Waals surface area contributed by atoms with Crippen LogP contribution in [0, 0.1) is 46.1 Å². The molecule has 0 amide bonds. The fourth-order valence-corrected chi connectivity index (χ4v) is 12.5. The van der Waals surface area contributed by atoms with Gasteiger partial charge in [0.15, 0.2) is 10.3 Å². The van der Waals surface area contributed by atoms with Gasteiger partial charge in [0.05, 0.1) is 44.1 Å². The van der Waals surface area contributed by atoms with E-state index in [-0.39, 0.29) is 21.7 Å². The van der Waals surface area contributed by atoms with E-state index in [4.69, 9.17) is 13.1 Å². The van der Waals surface area contributed by atoms with E-state index in [1.165, 1.54) is 22.7 Å². The zero-order valence-electron chi connectivity index (χ0n) is 26.4. The number of nitriles is 2. The van der Waals surface area contributed by atoms with Crippen molar-refractivity contribution in [3.63, 3.8) is 0 Å². The van der Waals surface area contributed by atoms with Gasteiger partial charge >= 0.3 is 0 Å². The number of unbranched alkanes of at least 4 members (excludes halogenated alkanes) is 6. The summed E-state index contributed by atoms with van der Waals surface area (Å²) in [5.41, 5.74) is 6.82. The third kappa shape index (κ3) is 4.86. The van der Waals surface area contributed by atoms with Gasteiger partial charge in [-0.1, -0.05) is 52.4 Å². The quantitative estimate of drug-likeness (QED) is 0.0807. The van der Waals surface area contributed by atoms with Gasteiger partial charge in [-0.25, -0.2) is 20.2 Å². The van der Waals surface area contributed by atoms with Crippen molar-refractivity contribution in [1.82, 2.24) is 0 Å². The highest BCUT2D eigenvalue weighted by Gasteiger charge is 2.39. The van der Waals surface area contributed by atoms with Crippen molar-refractivity contribution >= 4 is 75.3 Å². The number of fused-ring (bicyclic) bond motifs is 10. The minimum absolute atomic E-state index is 0.0515. The Balaban J connectivity index is 1.45.